The number of aromatic nitrogens is 1. The molecule has 0 spiro atoms. The molecule has 35 heavy (non-hydrogen) atoms. The minimum atomic E-state index is -3.91. The highest BCUT2D eigenvalue weighted by Gasteiger charge is 2.24. The summed E-state index contributed by atoms with van der Waals surface area (Å²) in [5.41, 5.74) is 5.45. The van der Waals surface area contributed by atoms with Gasteiger partial charge in [-0.3, -0.25) is 0 Å². The Morgan fingerprint density at radius 2 is 1.57 bits per heavy atom. The van der Waals surface area contributed by atoms with Gasteiger partial charge in [-0.15, -0.1) is 0 Å². The average molecular weight is 491 g/mol. The largest absolute Gasteiger partial charge is 0.489 e. The van der Waals surface area contributed by atoms with Crippen LogP contribution in [0.25, 0.3) is 0 Å². The van der Waals surface area contributed by atoms with Crippen LogP contribution in [0.1, 0.15) is 27.9 Å². The Bertz CT molecular complexity index is 1460. The number of anilines is 2. The van der Waals surface area contributed by atoms with Crippen LogP contribution >= 0.6 is 0 Å². The number of benzene rings is 3. The molecule has 0 aliphatic rings. The van der Waals surface area contributed by atoms with Crippen LogP contribution in [0, 0.1) is 33.5 Å². The minimum absolute atomic E-state index is 0.0816. The van der Waals surface area contributed by atoms with Crippen molar-refractivity contribution in [1.82, 2.24) is 4.98 Å². The van der Waals surface area contributed by atoms with E-state index >= 15 is 0 Å². The molecule has 0 fully saturated rings. The van der Waals surface area contributed by atoms with Gasteiger partial charge in [0.1, 0.15) is 28.9 Å². The number of pyridine rings is 1. The molecular weight excluding hydrogens is 463 g/mol. The lowest BCUT2D eigenvalue weighted by molar-refractivity contribution is 0.305. The number of hydrogen-bond acceptors (Lipinski definition) is 5. The molecule has 0 amide bonds. The van der Waals surface area contributed by atoms with Crippen molar-refractivity contribution < 1.29 is 17.5 Å². The second-order valence-corrected chi connectivity index (χ2v) is 10.5. The van der Waals surface area contributed by atoms with Crippen molar-refractivity contribution in [2.24, 2.45) is 0 Å². The fourth-order valence-corrected chi connectivity index (χ4v) is 5.33. The number of sulfone groups is 1. The SMILES string of the molecule is Cc1cc(C)c(Nc2nc(C)ccc2S(=O)(=O)c2cccc(OCc3ccc(F)cc3)c2)c(C)c1. The molecular formula is C28H27FN2O3S. The molecule has 180 valence electrons. The molecule has 1 N–H and O–H groups in total. The topological polar surface area (TPSA) is 68.3 Å². The third-order valence-corrected chi connectivity index (χ3v) is 7.42. The Morgan fingerprint density at radius 1 is 0.886 bits per heavy atom. The Morgan fingerprint density at radius 3 is 2.26 bits per heavy atom. The summed E-state index contributed by atoms with van der Waals surface area (Å²) < 4.78 is 46.2. The molecule has 0 aliphatic heterocycles. The predicted octanol–water partition coefficient (Wildman–Crippen LogP) is 6.61. The lowest BCUT2D eigenvalue weighted by Crippen LogP contribution is -2.09. The van der Waals surface area contributed by atoms with Crippen LogP contribution in [-0.4, -0.2) is 13.4 Å². The highest BCUT2D eigenvalue weighted by molar-refractivity contribution is 7.91. The van der Waals surface area contributed by atoms with Crippen molar-refractivity contribution in [1.29, 1.82) is 0 Å². The first-order valence-corrected chi connectivity index (χ1v) is 12.7. The van der Waals surface area contributed by atoms with E-state index < -0.39 is 9.84 Å². The van der Waals surface area contributed by atoms with Gasteiger partial charge in [0.15, 0.2) is 0 Å². The van der Waals surface area contributed by atoms with Crippen molar-refractivity contribution in [2.75, 3.05) is 5.32 Å². The van der Waals surface area contributed by atoms with Crippen LogP contribution in [0.2, 0.25) is 0 Å². The van der Waals surface area contributed by atoms with Crippen LogP contribution in [0.15, 0.2) is 82.6 Å². The standard InChI is InChI=1S/C28H27FN2O3S/c1-18-14-19(2)27(20(3)15-18)31-28-26(13-8-21(4)30-28)35(32,33)25-7-5-6-24(16-25)34-17-22-9-11-23(29)12-10-22/h5-16H,17H2,1-4H3,(H,30,31). The Labute approximate surface area is 205 Å². The van der Waals surface area contributed by atoms with Crippen molar-refractivity contribution in [3.8, 4) is 5.75 Å². The molecule has 4 aromatic rings. The van der Waals surface area contributed by atoms with Gasteiger partial charge in [-0.2, -0.15) is 0 Å². The summed E-state index contributed by atoms with van der Waals surface area (Å²) in [5, 5.41) is 3.27. The van der Waals surface area contributed by atoms with Gasteiger partial charge in [0.05, 0.1) is 4.90 Å². The summed E-state index contributed by atoms with van der Waals surface area (Å²) in [7, 11) is -3.91. The summed E-state index contributed by atoms with van der Waals surface area (Å²) in [6.45, 7) is 7.99. The Hall–Kier alpha value is -3.71. The zero-order valence-corrected chi connectivity index (χ0v) is 20.9. The molecule has 0 atom stereocenters. The number of rotatable bonds is 7. The zero-order valence-electron chi connectivity index (χ0n) is 20.1. The van der Waals surface area contributed by atoms with Crippen LogP contribution in [0.3, 0.4) is 0 Å². The van der Waals surface area contributed by atoms with E-state index in [9.17, 15) is 12.8 Å². The normalized spacial score (nSPS) is 11.3. The molecule has 3 aromatic carbocycles. The van der Waals surface area contributed by atoms with Gasteiger partial charge in [0, 0.05) is 11.4 Å². The second kappa shape index (κ2) is 9.88. The van der Waals surface area contributed by atoms with Gasteiger partial charge in [-0.1, -0.05) is 35.9 Å². The van der Waals surface area contributed by atoms with Crippen LogP contribution in [0.4, 0.5) is 15.9 Å². The molecule has 0 aliphatic carbocycles. The van der Waals surface area contributed by atoms with Crippen LogP contribution in [0.5, 0.6) is 5.75 Å². The first-order valence-electron chi connectivity index (χ1n) is 11.2. The van der Waals surface area contributed by atoms with E-state index in [1.54, 1.807) is 36.4 Å². The summed E-state index contributed by atoms with van der Waals surface area (Å²) in [6, 6.07) is 19.7. The maximum Gasteiger partial charge on any atom is 0.210 e. The monoisotopic (exact) mass is 490 g/mol. The van der Waals surface area contributed by atoms with E-state index in [0.717, 1.165) is 27.9 Å². The van der Waals surface area contributed by atoms with Crippen LogP contribution in [-0.2, 0) is 16.4 Å². The number of halogens is 1. The molecule has 5 nitrogen and oxygen atoms in total. The average Bonchev–Trinajstić information content (AvgIpc) is 2.81. The maximum absolute atomic E-state index is 13.7. The van der Waals surface area contributed by atoms with Gasteiger partial charge >= 0.3 is 0 Å². The highest BCUT2D eigenvalue weighted by atomic mass is 32.2. The van der Waals surface area contributed by atoms with E-state index in [2.05, 4.69) is 10.3 Å². The van der Waals surface area contributed by atoms with E-state index in [1.807, 2.05) is 39.8 Å². The third-order valence-electron chi connectivity index (χ3n) is 5.64. The van der Waals surface area contributed by atoms with Crippen molar-refractivity contribution >= 4 is 21.3 Å². The van der Waals surface area contributed by atoms with Crippen molar-refractivity contribution in [2.45, 2.75) is 44.1 Å². The smallest absolute Gasteiger partial charge is 0.210 e. The predicted molar refractivity (Wildman–Crippen MR) is 136 cm³/mol. The molecule has 0 saturated carbocycles. The lowest BCUT2D eigenvalue weighted by Gasteiger charge is -2.17. The molecule has 0 unspecified atom stereocenters. The summed E-state index contributed by atoms with van der Waals surface area (Å²) in [5.74, 6) is 0.349. The minimum Gasteiger partial charge on any atom is -0.489 e. The zero-order chi connectivity index (χ0) is 25.2. The molecule has 0 bridgehead atoms. The third kappa shape index (κ3) is 5.52. The van der Waals surface area contributed by atoms with Gasteiger partial charge in [-0.05, 0) is 86.8 Å². The fraction of sp³-hybridized carbons (Fsp3) is 0.179. The Balaban J connectivity index is 1.66. The maximum atomic E-state index is 13.7. The lowest BCUT2D eigenvalue weighted by atomic mass is 10.1. The van der Waals surface area contributed by atoms with Crippen LogP contribution < -0.4 is 10.1 Å². The first kappa shape index (κ1) is 24.4. The molecule has 1 heterocycles. The summed E-state index contributed by atoms with van der Waals surface area (Å²) in [6.07, 6.45) is 0. The number of nitrogens with one attached hydrogen (secondary N) is 1. The first-order chi connectivity index (χ1) is 16.6. The number of hydrogen-bond donors (Lipinski definition) is 1. The van der Waals surface area contributed by atoms with Gasteiger partial charge in [-0.25, -0.2) is 17.8 Å². The van der Waals surface area contributed by atoms with Gasteiger partial charge in [0.25, 0.3) is 0 Å². The molecule has 0 radical (unpaired) electrons. The van der Waals surface area contributed by atoms with E-state index in [0.29, 0.717) is 11.4 Å². The Kier molecular flexibility index (Phi) is 6.89. The van der Waals surface area contributed by atoms with Gasteiger partial charge < -0.3 is 10.1 Å². The fourth-order valence-electron chi connectivity index (χ4n) is 3.95. The second-order valence-electron chi connectivity index (χ2n) is 8.59. The van der Waals surface area contributed by atoms with E-state index in [1.165, 1.54) is 24.3 Å². The molecule has 7 heteroatoms. The number of nitrogens with zero attached hydrogens (tertiary/aromatic N) is 1. The van der Waals surface area contributed by atoms with Crippen molar-refractivity contribution in [3.63, 3.8) is 0 Å². The van der Waals surface area contributed by atoms with E-state index in [-0.39, 0.29) is 28.0 Å². The number of ether oxygens (including phenoxy) is 1. The highest BCUT2D eigenvalue weighted by Crippen LogP contribution is 2.33. The summed E-state index contributed by atoms with van der Waals surface area (Å²) >= 11 is 0. The molecule has 4 rings (SSSR count). The molecule has 0 saturated heterocycles. The van der Waals surface area contributed by atoms with Crippen molar-refractivity contribution in [3.05, 3.63) is 107 Å². The van der Waals surface area contributed by atoms with E-state index in [4.69, 9.17) is 4.74 Å². The van der Waals surface area contributed by atoms with Gasteiger partial charge in [0.2, 0.25) is 9.84 Å². The quantitative estimate of drug-likeness (QED) is 0.316. The number of aryl methyl sites for hydroxylation is 4. The molecule has 1 aromatic heterocycles. The summed E-state index contributed by atoms with van der Waals surface area (Å²) in [4.78, 5) is 4.70.